The van der Waals surface area contributed by atoms with Crippen LogP contribution in [0.25, 0.3) is 0 Å². The molecule has 0 saturated carbocycles. The van der Waals surface area contributed by atoms with Crippen molar-refractivity contribution in [3.63, 3.8) is 0 Å². The van der Waals surface area contributed by atoms with Gasteiger partial charge in [0.1, 0.15) is 6.10 Å². The van der Waals surface area contributed by atoms with Crippen molar-refractivity contribution in [2.75, 3.05) is 53.0 Å². The number of hydrogen-bond acceptors (Lipinski definition) is 5. The molecule has 3 rings (SSSR count). The minimum atomic E-state index is 0.237. The minimum Gasteiger partial charge on any atom is -0.493 e. The van der Waals surface area contributed by atoms with E-state index >= 15 is 0 Å². The molecule has 2 heterocycles. The van der Waals surface area contributed by atoms with Gasteiger partial charge in [-0.15, -0.1) is 0 Å². The Balaban J connectivity index is 1.60. The van der Waals surface area contributed by atoms with Crippen molar-refractivity contribution in [2.24, 2.45) is 0 Å². The van der Waals surface area contributed by atoms with Crippen molar-refractivity contribution >= 4 is 0 Å². The van der Waals surface area contributed by atoms with E-state index in [9.17, 15) is 0 Å². The Bertz CT molecular complexity index is 483. The van der Waals surface area contributed by atoms with Gasteiger partial charge in [-0.25, -0.2) is 0 Å². The van der Waals surface area contributed by atoms with Crippen LogP contribution in [0.2, 0.25) is 0 Å². The number of nitrogens with zero attached hydrogens (tertiary/aromatic N) is 1. The molecule has 5 nitrogen and oxygen atoms in total. The highest BCUT2D eigenvalue weighted by molar-refractivity contribution is 5.43. The summed E-state index contributed by atoms with van der Waals surface area (Å²) < 4.78 is 17.0. The van der Waals surface area contributed by atoms with Gasteiger partial charge in [-0.05, 0) is 24.1 Å². The van der Waals surface area contributed by atoms with Gasteiger partial charge in [0.05, 0.1) is 20.3 Å². The lowest BCUT2D eigenvalue weighted by atomic mass is 10.1. The zero-order valence-electron chi connectivity index (χ0n) is 14.1. The van der Waals surface area contributed by atoms with Gasteiger partial charge in [-0.2, -0.15) is 0 Å². The largest absolute Gasteiger partial charge is 0.493 e. The van der Waals surface area contributed by atoms with Crippen LogP contribution >= 0.6 is 0 Å². The quantitative estimate of drug-likeness (QED) is 0.864. The van der Waals surface area contributed by atoms with Crippen LogP contribution in [0, 0.1) is 0 Å². The van der Waals surface area contributed by atoms with Crippen LogP contribution < -0.4 is 14.8 Å². The van der Waals surface area contributed by atoms with Crippen molar-refractivity contribution in [1.29, 1.82) is 0 Å². The van der Waals surface area contributed by atoms with Gasteiger partial charge in [0, 0.05) is 45.6 Å². The Morgan fingerprint density at radius 3 is 2.70 bits per heavy atom. The van der Waals surface area contributed by atoms with Crippen LogP contribution in [0.4, 0.5) is 0 Å². The Labute approximate surface area is 138 Å². The van der Waals surface area contributed by atoms with E-state index in [0.29, 0.717) is 0 Å². The summed E-state index contributed by atoms with van der Waals surface area (Å²) in [7, 11) is 1.70. The monoisotopic (exact) mass is 320 g/mol. The molecule has 0 aromatic heterocycles. The molecule has 23 heavy (non-hydrogen) atoms. The van der Waals surface area contributed by atoms with Crippen LogP contribution in [0.15, 0.2) is 18.2 Å². The molecule has 128 valence electrons. The molecule has 1 aromatic carbocycles. The van der Waals surface area contributed by atoms with E-state index in [1.807, 2.05) is 6.07 Å². The fraction of sp³-hybridized carbons (Fsp3) is 0.667. The standard InChI is InChI=1S/C18H28N2O3/c1-21-17-3-2-15(4-9-20-10-7-19-8-11-20)14-18(17)23-16-5-12-22-13-6-16/h2-3,14,16,19H,4-13H2,1H3. The number of benzene rings is 1. The second-order valence-corrected chi connectivity index (χ2v) is 6.26. The van der Waals surface area contributed by atoms with E-state index in [4.69, 9.17) is 14.2 Å². The van der Waals surface area contributed by atoms with Crippen LogP contribution in [-0.2, 0) is 11.2 Å². The summed E-state index contributed by atoms with van der Waals surface area (Å²) in [4.78, 5) is 2.51. The molecule has 0 aliphatic carbocycles. The molecular weight excluding hydrogens is 292 g/mol. The zero-order valence-corrected chi connectivity index (χ0v) is 14.1. The number of rotatable bonds is 6. The predicted molar refractivity (Wildman–Crippen MR) is 90.5 cm³/mol. The molecule has 2 aliphatic rings. The summed E-state index contributed by atoms with van der Waals surface area (Å²) in [6.07, 6.45) is 3.19. The molecule has 0 radical (unpaired) electrons. The summed E-state index contributed by atoms with van der Waals surface area (Å²) in [6.45, 7) is 7.15. The van der Waals surface area contributed by atoms with Crippen LogP contribution in [-0.4, -0.2) is 64.1 Å². The topological polar surface area (TPSA) is 43.0 Å². The van der Waals surface area contributed by atoms with Crippen molar-refractivity contribution < 1.29 is 14.2 Å². The summed E-state index contributed by atoms with van der Waals surface area (Å²) in [5.74, 6) is 1.69. The number of piperazine rings is 1. The van der Waals surface area contributed by atoms with Crippen LogP contribution in [0.3, 0.4) is 0 Å². The lowest BCUT2D eigenvalue weighted by Gasteiger charge is -2.27. The fourth-order valence-electron chi connectivity index (χ4n) is 3.16. The van der Waals surface area contributed by atoms with Gasteiger partial charge in [0.2, 0.25) is 0 Å². The van der Waals surface area contributed by atoms with Gasteiger partial charge in [-0.3, -0.25) is 0 Å². The second-order valence-electron chi connectivity index (χ2n) is 6.26. The van der Waals surface area contributed by atoms with Crippen LogP contribution in [0.1, 0.15) is 18.4 Å². The van der Waals surface area contributed by atoms with Gasteiger partial charge in [-0.1, -0.05) is 6.07 Å². The van der Waals surface area contributed by atoms with Gasteiger partial charge < -0.3 is 24.4 Å². The maximum Gasteiger partial charge on any atom is 0.161 e. The van der Waals surface area contributed by atoms with Crippen molar-refractivity contribution in [3.8, 4) is 11.5 Å². The maximum absolute atomic E-state index is 6.18. The van der Waals surface area contributed by atoms with Crippen molar-refractivity contribution in [1.82, 2.24) is 10.2 Å². The summed E-state index contributed by atoms with van der Waals surface area (Å²) >= 11 is 0. The number of hydrogen-bond donors (Lipinski definition) is 1. The molecule has 1 N–H and O–H groups in total. The Morgan fingerprint density at radius 2 is 1.96 bits per heavy atom. The summed E-state index contributed by atoms with van der Waals surface area (Å²) in [5.41, 5.74) is 1.31. The van der Waals surface area contributed by atoms with E-state index in [2.05, 4.69) is 22.3 Å². The highest BCUT2D eigenvalue weighted by atomic mass is 16.5. The molecule has 0 spiro atoms. The molecule has 1 aromatic rings. The Hall–Kier alpha value is -1.30. The average molecular weight is 320 g/mol. The Kier molecular flexibility index (Phi) is 6.13. The third-order valence-electron chi connectivity index (χ3n) is 4.62. The van der Waals surface area contributed by atoms with Gasteiger partial charge in [0.25, 0.3) is 0 Å². The second kappa shape index (κ2) is 8.52. The highest BCUT2D eigenvalue weighted by Gasteiger charge is 2.18. The van der Waals surface area contributed by atoms with E-state index in [1.165, 1.54) is 5.56 Å². The zero-order chi connectivity index (χ0) is 15.9. The molecule has 0 bridgehead atoms. The fourth-order valence-corrected chi connectivity index (χ4v) is 3.16. The van der Waals surface area contributed by atoms with Crippen LogP contribution in [0.5, 0.6) is 11.5 Å². The SMILES string of the molecule is COc1ccc(CCN2CCNCC2)cc1OC1CCOCC1. The van der Waals surface area contributed by atoms with E-state index in [-0.39, 0.29) is 6.10 Å². The molecular formula is C18H28N2O3. The Morgan fingerprint density at radius 1 is 1.17 bits per heavy atom. The normalized spacial score (nSPS) is 20.4. The molecule has 2 fully saturated rings. The number of methoxy groups -OCH3 is 1. The number of nitrogens with one attached hydrogen (secondary N) is 1. The third kappa shape index (κ3) is 4.83. The molecule has 2 aliphatic heterocycles. The maximum atomic E-state index is 6.18. The lowest BCUT2D eigenvalue weighted by Crippen LogP contribution is -2.44. The minimum absolute atomic E-state index is 0.237. The molecule has 2 saturated heterocycles. The first-order chi connectivity index (χ1) is 11.3. The molecule has 0 amide bonds. The highest BCUT2D eigenvalue weighted by Crippen LogP contribution is 2.30. The first-order valence-electron chi connectivity index (χ1n) is 8.69. The van der Waals surface area contributed by atoms with Crippen molar-refractivity contribution in [2.45, 2.75) is 25.4 Å². The third-order valence-corrected chi connectivity index (χ3v) is 4.62. The van der Waals surface area contributed by atoms with E-state index in [1.54, 1.807) is 7.11 Å². The van der Waals surface area contributed by atoms with Gasteiger partial charge in [0.15, 0.2) is 11.5 Å². The lowest BCUT2D eigenvalue weighted by molar-refractivity contribution is 0.0245. The molecule has 0 unspecified atom stereocenters. The van der Waals surface area contributed by atoms with E-state index in [0.717, 1.165) is 76.7 Å². The molecule has 0 atom stereocenters. The average Bonchev–Trinajstić information content (AvgIpc) is 2.62. The van der Waals surface area contributed by atoms with Gasteiger partial charge >= 0.3 is 0 Å². The summed E-state index contributed by atoms with van der Waals surface area (Å²) in [5, 5.41) is 3.39. The first kappa shape index (κ1) is 16.6. The predicted octanol–water partition coefficient (Wildman–Crippen LogP) is 1.70. The molecule has 5 heteroatoms. The van der Waals surface area contributed by atoms with E-state index < -0.39 is 0 Å². The smallest absolute Gasteiger partial charge is 0.161 e. The first-order valence-corrected chi connectivity index (χ1v) is 8.69. The summed E-state index contributed by atoms with van der Waals surface area (Å²) in [6, 6.07) is 6.33. The number of ether oxygens (including phenoxy) is 3. The van der Waals surface area contributed by atoms with Crippen molar-refractivity contribution in [3.05, 3.63) is 23.8 Å².